The van der Waals surface area contributed by atoms with Crippen molar-refractivity contribution in [3.63, 3.8) is 0 Å². The van der Waals surface area contributed by atoms with Crippen LogP contribution in [-0.2, 0) is 4.74 Å². The molecule has 2 rings (SSSR count). The van der Waals surface area contributed by atoms with Crippen LogP contribution in [-0.4, -0.2) is 22.8 Å². The van der Waals surface area contributed by atoms with Gasteiger partial charge in [0.15, 0.2) is 0 Å². The maximum absolute atomic E-state index is 5.43. The second kappa shape index (κ2) is 4.13. The number of ether oxygens (including phenoxy) is 1. The molecule has 14 heavy (non-hydrogen) atoms. The summed E-state index contributed by atoms with van der Waals surface area (Å²) < 4.78 is 7.71. The lowest BCUT2D eigenvalue weighted by molar-refractivity contribution is 0.0527. The van der Waals surface area contributed by atoms with E-state index >= 15 is 0 Å². The van der Waals surface area contributed by atoms with Crippen LogP contribution in [0.4, 0.5) is 0 Å². The van der Waals surface area contributed by atoms with Gasteiger partial charge in [0.1, 0.15) is 5.82 Å². The van der Waals surface area contributed by atoms with Gasteiger partial charge in [0.2, 0.25) is 0 Å². The molecule has 1 aromatic rings. The Morgan fingerprint density at radius 3 is 3.00 bits per heavy atom. The van der Waals surface area contributed by atoms with E-state index in [9.17, 15) is 0 Å². The molecule has 2 unspecified atom stereocenters. The van der Waals surface area contributed by atoms with Crippen molar-refractivity contribution in [1.82, 2.24) is 9.55 Å². The number of nitrogens with zero attached hydrogens (tertiary/aromatic N) is 2. The quantitative estimate of drug-likeness (QED) is 0.722. The fourth-order valence-electron chi connectivity index (χ4n) is 2.36. The fraction of sp³-hybridized carbons (Fsp3) is 0.727. The van der Waals surface area contributed by atoms with Crippen LogP contribution in [0.2, 0.25) is 0 Å². The van der Waals surface area contributed by atoms with E-state index in [1.165, 1.54) is 19.3 Å². The van der Waals surface area contributed by atoms with Crippen molar-refractivity contribution in [3.8, 4) is 0 Å². The monoisotopic (exact) mass is 194 g/mol. The molecule has 0 radical (unpaired) electrons. The van der Waals surface area contributed by atoms with Crippen LogP contribution in [0, 0.1) is 6.92 Å². The van der Waals surface area contributed by atoms with Crippen LogP contribution in [0.15, 0.2) is 12.4 Å². The minimum atomic E-state index is 0.440. The highest BCUT2D eigenvalue weighted by atomic mass is 16.5. The van der Waals surface area contributed by atoms with Gasteiger partial charge in [-0.05, 0) is 32.6 Å². The number of rotatable bonds is 2. The molecule has 78 valence electrons. The van der Waals surface area contributed by atoms with Crippen LogP contribution in [0.1, 0.15) is 37.5 Å². The molecule has 3 heteroatoms. The van der Waals surface area contributed by atoms with Gasteiger partial charge in [-0.25, -0.2) is 4.98 Å². The Morgan fingerprint density at radius 1 is 1.50 bits per heavy atom. The molecule has 1 aromatic heterocycles. The van der Waals surface area contributed by atoms with Gasteiger partial charge in [0, 0.05) is 25.5 Å². The summed E-state index contributed by atoms with van der Waals surface area (Å²) in [6.45, 7) is 2.07. The molecular weight excluding hydrogens is 176 g/mol. The molecule has 0 spiro atoms. The molecular formula is C11H18N2O. The Bertz CT molecular complexity index is 295. The first-order chi connectivity index (χ1) is 6.81. The first-order valence-corrected chi connectivity index (χ1v) is 5.33. The highest BCUT2D eigenvalue weighted by Crippen LogP contribution is 2.30. The second-order valence-electron chi connectivity index (χ2n) is 4.06. The maximum Gasteiger partial charge on any atom is 0.105 e. The highest BCUT2D eigenvalue weighted by molar-refractivity contribution is 4.94. The lowest BCUT2D eigenvalue weighted by Gasteiger charge is -2.29. The molecule has 2 atom stereocenters. The predicted octanol–water partition coefficient (Wildman–Crippen LogP) is 2.32. The number of aromatic nitrogens is 2. The minimum absolute atomic E-state index is 0.440. The Labute approximate surface area is 85.1 Å². The van der Waals surface area contributed by atoms with Crippen molar-refractivity contribution in [2.75, 3.05) is 7.11 Å². The van der Waals surface area contributed by atoms with E-state index in [4.69, 9.17) is 4.74 Å². The molecule has 1 saturated carbocycles. The first kappa shape index (κ1) is 9.71. The van der Waals surface area contributed by atoms with E-state index < -0.39 is 0 Å². The van der Waals surface area contributed by atoms with Crippen LogP contribution >= 0.6 is 0 Å². The lowest BCUT2D eigenvalue weighted by Crippen LogP contribution is -2.24. The molecule has 0 amide bonds. The third-order valence-corrected chi connectivity index (χ3v) is 3.19. The van der Waals surface area contributed by atoms with Crippen molar-refractivity contribution in [2.24, 2.45) is 0 Å². The van der Waals surface area contributed by atoms with Crippen molar-refractivity contribution >= 4 is 0 Å². The van der Waals surface area contributed by atoms with E-state index in [2.05, 4.69) is 22.7 Å². The summed E-state index contributed by atoms with van der Waals surface area (Å²) in [6, 6.07) is 0.594. The van der Waals surface area contributed by atoms with Gasteiger partial charge in [-0.15, -0.1) is 0 Å². The van der Waals surface area contributed by atoms with Gasteiger partial charge >= 0.3 is 0 Å². The summed E-state index contributed by atoms with van der Waals surface area (Å²) in [4.78, 5) is 4.26. The molecule has 0 saturated heterocycles. The number of imidazole rings is 1. The van der Waals surface area contributed by atoms with E-state index in [0.717, 1.165) is 12.2 Å². The second-order valence-corrected chi connectivity index (χ2v) is 4.06. The molecule has 0 aliphatic heterocycles. The molecule has 1 aliphatic carbocycles. The standard InChI is InChI=1S/C11H18N2O/c1-9-12-6-7-13(9)10-4-3-5-11(8-10)14-2/h6-7,10-11H,3-5,8H2,1-2H3. The molecule has 1 fully saturated rings. The van der Waals surface area contributed by atoms with Crippen LogP contribution in [0.25, 0.3) is 0 Å². The number of methoxy groups -OCH3 is 1. The number of aryl methyl sites for hydroxylation is 1. The first-order valence-electron chi connectivity index (χ1n) is 5.33. The predicted molar refractivity (Wildman–Crippen MR) is 55.3 cm³/mol. The van der Waals surface area contributed by atoms with Gasteiger partial charge in [-0.2, -0.15) is 0 Å². The van der Waals surface area contributed by atoms with Gasteiger partial charge in [0.25, 0.3) is 0 Å². The zero-order chi connectivity index (χ0) is 9.97. The largest absolute Gasteiger partial charge is 0.381 e. The maximum atomic E-state index is 5.43. The van der Waals surface area contributed by atoms with E-state index in [1.807, 2.05) is 13.3 Å². The van der Waals surface area contributed by atoms with Crippen molar-refractivity contribution < 1.29 is 4.74 Å². The van der Waals surface area contributed by atoms with Gasteiger partial charge in [-0.1, -0.05) is 0 Å². The average Bonchev–Trinajstić information content (AvgIpc) is 2.65. The highest BCUT2D eigenvalue weighted by Gasteiger charge is 2.23. The number of hydrogen-bond acceptors (Lipinski definition) is 2. The third kappa shape index (κ3) is 1.82. The summed E-state index contributed by atoms with van der Waals surface area (Å²) in [5, 5.41) is 0. The SMILES string of the molecule is COC1CCCC(n2ccnc2C)C1. The summed E-state index contributed by atoms with van der Waals surface area (Å²) in [5.41, 5.74) is 0. The summed E-state index contributed by atoms with van der Waals surface area (Å²) in [7, 11) is 1.81. The van der Waals surface area contributed by atoms with Gasteiger partial charge in [-0.3, -0.25) is 0 Å². The Balaban J connectivity index is 2.08. The molecule has 3 nitrogen and oxygen atoms in total. The Morgan fingerprint density at radius 2 is 2.36 bits per heavy atom. The van der Waals surface area contributed by atoms with Gasteiger partial charge in [0.05, 0.1) is 6.10 Å². The Hall–Kier alpha value is -0.830. The topological polar surface area (TPSA) is 27.1 Å². The lowest BCUT2D eigenvalue weighted by atomic mass is 9.92. The van der Waals surface area contributed by atoms with E-state index in [1.54, 1.807) is 0 Å². The van der Waals surface area contributed by atoms with Crippen LogP contribution < -0.4 is 0 Å². The van der Waals surface area contributed by atoms with Crippen molar-refractivity contribution in [3.05, 3.63) is 18.2 Å². The smallest absolute Gasteiger partial charge is 0.105 e. The van der Waals surface area contributed by atoms with Crippen LogP contribution in [0.5, 0.6) is 0 Å². The van der Waals surface area contributed by atoms with Crippen molar-refractivity contribution in [1.29, 1.82) is 0 Å². The summed E-state index contributed by atoms with van der Waals surface area (Å²) in [6.07, 6.45) is 9.27. The van der Waals surface area contributed by atoms with Crippen molar-refractivity contribution in [2.45, 2.75) is 44.8 Å². The van der Waals surface area contributed by atoms with Crippen LogP contribution in [0.3, 0.4) is 0 Å². The molecule has 0 aromatic carbocycles. The molecule has 0 N–H and O–H groups in total. The number of hydrogen-bond donors (Lipinski definition) is 0. The summed E-state index contributed by atoms with van der Waals surface area (Å²) in [5.74, 6) is 1.12. The Kier molecular flexibility index (Phi) is 2.87. The minimum Gasteiger partial charge on any atom is -0.381 e. The average molecular weight is 194 g/mol. The third-order valence-electron chi connectivity index (χ3n) is 3.19. The zero-order valence-corrected chi connectivity index (χ0v) is 8.94. The molecule has 0 bridgehead atoms. The molecule has 1 heterocycles. The molecule has 1 aliphatic rings. The summed E-state index contributed by atoms with van der Waals surface area (Å²) >= 11 is 0. The fourth-order valence-corrected chi connectivity index (χ4v) is 2.36. The normalized spacial score (nSPS) is 27.9. The zero-order valence-electron chi connectivity index (χ0n) is 8.94. The van der Waals surface area contributed by atoms with Gasteiger partial charge < -0.3 is 9.30 Å². The van der Waals surface area contributed by atoms with E-state index in [-0.39, 0.29) is 0 Å². The van der Waals surface area contributed by atoms with E-state index in [0.29, 0.717) is 12.1 Å².